The second kappa shape index (κ2) is 5.72. The maximum absolute atomic E-state index is 12.6. The number of aliphatic hydroxyl groups is 1. The summed E-state index contributed by atoms with van der Waals surface area (Å²) in [6, 6.07) is 16.1. The number of benzene rings is 2. The van der Waals surface area contributed by atoms with Crippen molar-refractivity contribution in [3.63, 3.8) is 0 Å². The van der Waals surface area contributed by atoms with Crippen molar-refractivity contribution in [3.05, 3.63) is 77.1 Å². The fourth-order valence-corrected chi connectivity index (χ4v) is 2.96. The Morgan fingerprint density at radius 3 is 2.39 bits per heavy atom. The van der Waals surface area contributed by atoms with Crippen LogP contribution in [-0.4, -0.2) is 16.8 Å². The average molecular weight is 307 g/mol. The van der Waals surface area contributed by atoms with Crippen LogP contribution in [0.4, 0.5) is 5.69 Å². The number of carbonyl (C=O) groups is 2. The molecule has 2 aromatic rings. The molecule has 0 spiro atoms. The molecule has 0 radical (unpaired) electrons. The molecule has 2 aromatic carbocycles. The van der Waals surface area contributed by atoms with Gasteiger partial charge in [0.05, 0.1) is 11.6 Å². The van der Waals surface area contributed by atoms with Gasteiger partial charge >= 0.3 is 0 Å². The molecule has 3 rings (SSSR count). The number of hydrogen-bond acceptors (Lipinski definition) is 3. The van der Waals surface area contributed by atoms with E-state index in [9.17, 15) is 14.7 Å². The van der Waals surface area contributed by atoms with E-state index in [1.165, 1.54) is 11.8 Å². The van der Waals surface area contributed by atoms with Crippen molar-refractivity contribution in [2.45, 2.75) is 19.9 Å². The van der Waals surface area contributed by atoms with Crippen molar-refractivity contribution in [2.75, 3.05) is 4.90 Å². The molecule has 1 aliphatic rings. The largest absolute Gasteiger partial charge is 0.503 e. The van der Waals surface area contributed by atoms with E-state index >= 15 is 0 Å². The Kier molecular flexibility index (Phi) is 3.74. The van der Waals surface area contributed by atoms with Gasteiger partial charge in [0.15, 0.2) is 11.5 Å². The number of carbonyl (C=O) groups excluding carboxylic acids is 2. The van der Waals surface area contributed by atoms with Gasteiger partial charge in [-0.25, -0.2) is 0 Å². The Hall–Kier alpha value is -2.88. The van der Waals surface area contributed by atoms with Crippen LogP contribution in [0.15, 0.2) is 65.9 Å². The topological polar surface area (TPSA) is 57.6 Å². The van der Waals surface area contributed by atoms with Gasteiger partial charge in [-0.15, -0.1) is 0 Å². The SMILES string of the molecule is CC(=O)C1=C(O)C(=O)N(c2cccc(C)c2)[C@H]1c1ccccc1. The first-order chi connectivity index (χ1) is 11.0. The van der Waals surface area contributed by atoms with Gasteiger partial charge in [-0.1, -0.05) is 42.5 Å². The van der Waals surface area contributed by atoms with Crippen molar-refractivity contribution < 1.29 is 14.7 Å². The smallest absolute Gasteiger partial charge is 0.294 e. The number of ketones is 1. The molecule has 1 atom stereocenters. The first kappa shape index (κ1) is 15.0. The van der Waals surface area contributed by atoms with Crippen molar-refractivity contribution in [1.82, 2.24) is 0 Å². The van der Waals surface area contributed by atoms with Crippen LogP contribution in [0.5, 0.6) is 0 Å². The van der Waals surface area contributed by atoms with Crippen LogP contribution >= 0.6 is 0 Å². The molecule has 0 unspecified atom stereocenters. The molecule has 1 N–H and O–H groups in total. The zero-order chi connectivity index (χ0) is 16.6. The molecule has 0 saturated heterocycles. The lowest BCUT2D eigenvalue weighted by Gasteiger charge is -2.27. The molecule has 1 aliphatic heterocycles. The lowest BCUT2D eigenvalue weighted by Crippen LogP contribution is -2.30. The van der Waals surface area contributed by atoms with Crippen LogP contribution in [0.25, 0.3) is 0 Å². The number of nitrogens with zero attached hydrogens (tertiary/aromatic N) is 1. The molecule has 4 heteroatoms. The predicted octanol–water partition coefficient (Wildman–Crippen LogP) is 3.48. The van der Waals surface area contributed by atoms with E-state index in [0.29, 0.717) is 5.69 Å². The number of anilines is 1. The van der Waals surface area contributed by atoms with Gasteiger partial charge in [0.1, 0.15) is 0 Å². The summed E-state index contributed by atoms with van der Waals surface area (Å²) in [5, 5.41) is 10.2. The highest BCUT2D eigenvalue weighted by molar-refractivity contribution is 6.16. The van der Waals surface area contributed by atoms with Gasteiger partial charge in [0.2, 0.25) is 0 Å². The molecule has 0 fully saturated rings. The first-order valence-corrected chi connectivity index (χ1v) is 7.40. The molecular formula is C19H17NO3. The van der Waals surface area contributed by atoms with Gasteiger partial charge in [0, 0.05) is 5.69 Å². The minimum absolute atomic E-state index is 0.141. The summed E-state index contributed by atoms with van der Waals surface area (Å²) >= 11 is 0. The molecule has 1 heterocycles. The monoisotopic (exact) mass is 307 g/mol. The van der Waals surface area contributed by atoms with E-state index in [2.05, 4.69) is 0 Å². The van der Waals surface area contributed by atoms with Gasteiger partial charge in [-0.3, -0.25) is 14.5 Å². The zero-order valence-corrected chi connectivity index (χ0v) is 13.0. The van der Waals surface area contributed by atoms with E-state index < -0.39 is 17.7 Å². The Morgan fingerprint density at radius 2 is 1.78 bits per heavy atom. The Labute approximate surface area is 134 Å². The quantitative estimate of drug-likeness (QED) is 0.944. The van der Waals surface area contributed by atoms with E-state index in [1.54, 1.807) is 6.07 Å². The number of aryl methyl sites for hydroxylation is 1. The molecule has 116 valence electrons. The Morgan fingerprint density at radius 1 is 1.09 bits per heavy atom. The molecule has 0 aromatic heterocycles. The summed E-state index contributed by atoms with van der Waals surface area (Å²) in [5.41, 5.74) is 2.59. The lowest BCUT2D eigenvalue weighted by molar-refractivity contribution is -0.117. The number of Topliss-reactive ketones (excluding diaryl/α,β-unsaturated/α-hetero) is 1. The van der Waals surface area contributed by atoms with Crippen LogP contribution in [0.1, 0.15) is 24.1 Å². The summed E-state index contributed by atoms with van der Waals surface area (Å²) in [6.45, 7) is 3.30. The van der Waals surface area contributed by atoms with E-state index in [1.807, 2.05) is 55.5 Å². The summed E-state index contributed by atoms with van der Waals surface area (Å²) in [6.07, 6.45) is 0. The van der Waals surface area contributed by atoms with Gasteiger partial charge in [-0.2, -0.15) is 0 Å². The maximum atomic E-state index is 12.6. The number of aliphatic hydroxyl groups excluding tert-OH is 1. The van der Waals surface area contributed by atoms with Crippen LogP contribution < -0.4 is 4.90 Å². The van der Waals surface area contributed by atoms with Gasteiger partial charge in [0.25, 0.3) is 5.91 Å². The fourth-order valence-electron chi connectivity index (χ4n) is 2.96. The molecule has 23 heavy (non-hydrogen) atoms. The van der Waals surface area contributed by atoms with Crippen molar-refractivity contribution in [2.24, 2.45) is 0 Å². The number of rotatable bonds is 3. The minimum Gasteiger partial charge on any atom is -0.503 e. The fraction of sp³-hybridized carbons (Fsp3) is 0.158. The third-order valence-electron chi connectivity index (χ3n) is 3.98. The van der Waals surface area contributed by atoms with Crippen LogP contribution in [0.3, 0.4) is 0 Å². The third-order valence-corrected chi connectivity index (χ3v) is 3.98. The zero-order valence-electron chi connectivity index (χ0n) is 13.0. The standard InChI is InChI=1S/C19H17NO3/c1-12-7-6-10-15(11-12)20-17(14-8-4-3-5-9-14)16(13(2)21)18(22)19(20)23/h3-11,17,22H,1-2H3/t17-/m0/s1. The van der Waals surface area contributed by atoms with Crippen LogP contribution in [-0.2, 0) is 9.59 Å². The summed E-state index contributed by atoms with van der Waals surface area (Å²) < 4.78 is 0. The molecule has 0 bridgehead atoms. The molecule has 0 saturated carbocycles. The highest BCUT2D eigenvalue weighted by Gasteiger charge is 2.43. The summed E-state index contributed by atoms with van der Waals surface area (Å²) in [5.74, 6) is -1.32. The summed E-state index contributed by atoms with van der Waals surface area (Å²) in [7, 11) is 0. The van der Waals surface area contributed by atoms with Crippen LogP contribution in [0, 0.1) is 6.92 Å². The normalized spacial score (nSPS) is 17.7. The number of amides is 1. The second-order valence-electron chi connectivity index (χ2n) is 5.65. The molecule has 1 amide bonds. The Balaban J connectivity index is 2.19. The van der Waals surface area contributed by atoms with E-state index in [-0.39, 0.29) is 11.4 Å². The molecule has 4 nitrogen and oxygen atoms in total. The first-order valence-electron chi connectivity index (χ1n) is 7.40. The second-order valence-corrected chi connectivity index (χ2v) is 5.65. The van der Waals surface area contributed by atoms with Gasteiger partial charge in [-0.05, 0) is 37.1 Å². The lowest BCUT2D eigenvalue weighted by atomic mass is 9.96. The molecule has 0 aliphatic carbocycles. The van der Waals surface area contributed by atoms with E-state index in [0.717, 1.165) is 11.1 Å². The third kappa shape index (κ3) is 2.52. The van der Waals surface area contributed by atoms with Crippen molar-refractivity contribution in [3.8, 4) is 0 Å². The minimum atomic E-state index is -0.608. The average Bonchev–Trinajstić information content (AvgIpc) is 2.80. The van der Waals surface area contributed by atoms with Crippen molar-refractivity contribution >= 4 is 17.4 Å². The van der Waals surface area contributed by atoms with Gasteiger partial charge < -0.3 is 5.11 Å². The van der Waals surface area contributed by atoms with Crippen molar-refractivity contribution in [1.29, 1.82) is 0 Å². The number of hydrogen-bond donors (Lipinski definition) is 1. The van der Waals surface area contributed by atoms with Crippen LogP contribution in [0.2, 0.25) is 0 Å². The highest BCUT2D eigenvalue weighted by atomic mass is 16.3. The maximum Gasteiger partial charge on any atom is 0.294 e. The summed E-state index contributed by atoms with van der Waals surface area (Å²) in [4.78, 5) is 26.1. The highest BCUT2D eigenvalue weighted by Crippen LogP contribution is 2.40. The molecular weight excluding hydrogens is 290 g/mol. The van der Waals surface area contributed by atoms with E-state index in [4.69, 9.17) is 0 Å². The Bertz CT molecular complexity index is 808. The predicted molar refractivity (Wildman–Crippen MR) is 88.2 cm³/mol.